The third-order valence-electron chi connectivity index (χ3n) is 24.5. The van der Waals surface area contributed by atoms with Crippen LogP contribution in [0.4, 0.5) is 0 Å². The van der Waals surface area contributed by atoms with Crippen molar-refractivity contribution in [3.8, 4) is 203 Å². The highest BCUT2D eigenvalue weighted by atomic mass is 15.1. The second-order valence-electron chi connectivity index (χ2n) is 33.6. The number of nitrogens with zero attached hydrogens (tertiary/aromatic N) is 12. The van der Waals surface area contributed by atoms with Gasteiger partial charge in [-0.3, -0.25) is 15.0 Å². The molecule has 0 radical (unpaired) electrons. The first kappa shape index (κ1) is 84.7. The van der Waals surface area contributed by atoms with Crippen LogP contribution in [0.25, 0.3) is 235 Å². The maximum absolute atomic E-state index is 5.05. The fraction of sp³-hybridized carbons (Fsp3) is 0. The Bertz CT molecular complexity index is 7520. The van der Waals surface area contributed by atoms with Crippen LogP contribution >= 0.6 is 0 Å². The average molecular weight is 1770 g/mol. The first-order valence-electron chi connectivity index (χ1n) is 45.9. The van der Waals surface area contributed by atoms with Gasteiger partial charge in [-0.05, 0) is 237 Å². The molecule has 0 amide bonds. The number of benzene rings is 18. The lowest BCUT2D eigenvalue weighted by molar-refractivity contribution is 1.07. The fourth-order valence-electron chi connectivity index (χ4n) is 17.4. The van der Waals surface area contributed by atoms with Gasteiger partial charge in [0.05, 0.1) is 5.69 Å². The molecule has 0 atom stereocenters. The second kappa shape index (κ2) is 39.3. The van der Waals surface area contributed by atoms with Crippen LogP contribution in [0.2, 0.25) is 0 Å². The number of hydrogen-bond donors (Lipinski definition) is 0. The summed E-state index contributed by atoms with van der Waals surface area (Å²) in [5.41, 5.74) is 28.1. The Morgan fingerprint density at radius 1 is 0.109 bits per heavy atom. The van der Waals surface area contributed by atoms with E-state index in [2.05, 4.69) is 276 Å². The molecule has 6 heterocycles. The van der Waals surface area contributed by atoms with Crippen LogP contribution in [-0.2, 0) is 0 Å². The molecule has 138 heavy (non-hydrogen) atoms. The minimum Gasteiger partial charge on any atom is -0.265 e. The summed E-state index contributed by atoms with van der Waals surface area (Å²) in [5, 5.41) is 7.23. The van der Waals surface area contributed by atoms with Gasteiger partial charge in [-0.1, -0.05) is 358 Å². The summed E-state index contributed by atoms with van der Waals surface area (Å²) in [6.45, 7) is 0. The molecule has 0 spiro atoms. The van der Waals surface area contributed by atoms with Crippen LogP contribution < -0.4 is 0 Å². The van der Waals surface area contributed by atoms with E-state index >= 15 is 0 Å². The van der Waals surface area contributed by atoms with Crippen molar-refractivity contribution >= 4 is 32.3 Å². The molecule has 0 unspecified atom stereocenters. The molecule has 0 fully saturated rings. The minimum absolute atomic E-state index is 0.623. The predicted molar refractivity (Wildman–Crippen MR) is 563 cm³/mol. The number of fused-ring (bicyclic) bond motifs is 3. The smallest absolute Gasteiger partial charge is 0.164 e. The van der Waals surface area contributed by atoms with E-state index in [-0.39, 0.29) is 0 Å². The fourth-order valence-corrected chi connectivity index (χ4v) is 17.4. The third kappa shape index (κ3) is 19.2. The van der Waals surface area contributed by atoms with Crippen molar-refractivity contribution < 1.29 is 0 Å². The molecule has 24 rings (SSSR count). The Balaban J connectivity index is 0.000000119. The summed E-state index contributed by atoms with van der Waals surface area (Å²) in [7, 11) is 0. The van der Waals surface area contributed by atoms with Crippen LogP contribution in [0.1, 0.15) is 0 Å². The van der Waals surface area contributed by atoms with Gasteiger partial charge in [0.1, 0.15) is 0 Å². The van der Waals surface area contributed by atoms with Gasteiger partial charge >= 0.3 is 0 Å². The molecule has 24 aromatic rings. The molecular formula is C126H84N12. The maximum atomic E-state index is 5.05. The summed E-state index contributed by atoms with van der Waals surface area (Å²) in [6, 6.07) is 166. The molecule has 18 aromatic carbocycles. The Morgan fingerprint density at radius 2 is 0.341 bits per heavy atom. The van der Waals surface area contributed by atoms with Gasteiger partial charge in [-0.15, -0.1) is 0 Å². The Labute approximate surface area is 799 Å². The van der Waals surface area contributed by atoms with Gasteiger partial charge < -0.3 is 0 Å². The zero-order chi connectivity index (χ0) is 92.1. The first-order valence-corrected chi connectivity index (χ1v) is 45.9. The molecule has 0 saturated heterocycles. The summed E-state index contributed by atoms with van der Waals surface area (Å²) in [6.07, 6.45) is 9.19. The van der Waals surface area contributed by atoms with Crippen LogP contribution in [-0.4, -0.2) is 59.8 Å². The van der Waals surface area contributed by atoms with E-state index in [9.17, 15) is 0 Å². The number of hydrogen-bond acceptors (Lipinski definition) is 12. The number of aromatic nitrogens is 12. The molecule has 648 valence electrons. The van der Waals surface area contributed by atoms with E-state index in [1.165, 1.54) is 32.3 Å². The second-order valence-corrected chi connectivity index (χ2v) is 33.6. The van der Waals surface area contributed by atoms with E-state index in [4.69, 9.17) is 44.9 Å². The van der Waals surface area contributed by atoms with Crippen LogP contribution in [0.3, 0.4) is 0 Å². The van der Waals surface area contributed by atoms with Gasteiger partial charge in [0.25, 0.3) is 0 Å². The lowest BCUT2D eigenvalue weighted by atomic mass is 9.93. The van der Waals surface area contributed by atoms with Crippen LogP contribution in [0, 0.1) is 0 Å². The van der Waals surface area contributed by atoms with Crippen LogP contribution in [0.5, 0.6) is 0 Å². The van der Waals surface area contributed by atoms with E-state index in [0.29, 0.717) is 52.4 Å². The Hall–Kier alpha value is -18.8. The molecule has 0 N–H and O–H groups in total. The first-order chi connectivity index (χ1) is 68.3. The molecule has 0 aliphatic rings. The van der Waals surface area contributed by atoms with Crippen molar-refractivity contribution in [1.82, 2.24) is 59.8 Å². The van der Waals surface area contributed by atoms with Gasteiger partial charge in [-0.2, -0.15) is 0 Å². The zero-order valence-corrected chi connectivity index (χ0v) is 74.9. The van der Waals surface area contributed by atoms with Gasteiger partial charge in [-0.25, -0.2) is 44.9 Å². The molecule has 12 nitrogen and oxygen atoms in total. The summed E-state index contributed by atoms with van der Waals surface area (Å²) in [5.74, 6) is 5.71. The maximum Gasteiger partial charge on any atom is 0.164 e. The van der Waals surface area contributed by atoms with Gasteiger partial charge in [0.2, 0.25) is 0 Å². The normalized spacial score (nSPS) is 11.0. The molecule has 0 bridgehead atoms. The molecule has 0 saturated carbocycles. The molecular weight excluding hydrogens is 1680 g/mol. The zero-order valence-electron chi connectivity index (χ0n) is 74.9. The molecule has 0 aliphatic heterocycles. The predicted octanol–water partition coefficient (Wildman–Crippen LogP) is 31.3. The average Bonchev–Trinajstić information content (AvgIpc) is 0.782. The topological polar surface area (TPSA) is 155 Å². The van der Waals surface area contributed by atoms with Crippen molar-refractivity contribution in [2.24, 2.45) is 0 Å². The van der Waals surface area contributed by atoms with E-state index in [1.807, 2.05) is 243 Å². The lowest BCUT2D eigenvalue weighted by Crippen LogP contribution is -2.00. The summed E-state index contributed by atoms with van der Waals surface area (Å²) < 4.78 is 0. The van der Waals surface area contributed by atoms with E-state index in [0.717, 1.165) is 150 Å². The molecule has 12 heteroatoms. The van der Waals surface area contributed by atoms with Gasteiger partial charge in [0.15, 0.2) is 52.4 Å². The van der Waals surface area contributed by atoms with Crippen molar-refractivity contribution in [2.45, 2.75) is 0 Å². The molecule has 6 aromatic heterocycles. The number of rotatable bonds is 18. The van der Waals surface area contributed by atoms with Crippen molar-refractivity contribution in [1.29, 1.82) is 0 Å². The van der Waals surface area contributed by atoms with Crippen molar-refractivity contribution in [2.75, 3.05) is 0 Å². The van der Waals surface area contributed by atoms with Crippen LogP contribution in [0.15, 0.2) is 510 Å². The Morgan fingerprint density at radius 3 is 0.638 bits per heavy atom. The van der Waals surface area contributed by atoms with E-state index < -0.39 is 0 Å². The highest BCUT2D eigenvalue weighted by molar-refractivity contribution is 5.94. The minimum atomic E-state index is 0.623. The number of pyridine rings is 3. The lowest BCUT2D eigenvalue weighted by Gasteiger charge is -2.13. The SMILES string of the molecule is c1ccc(-c2nc(-c3ccccc3)nc(-c3cc(-c4cccc(-c5ccccn5)c4)cc(-c4ccc5ccccc5c4)c3)n2)cc1.c1ccc(-c2nc(-c3ccccc3)nc(-c3cc(-c4cccc(-c5cccnc5)c4)cc(-c4ccc5ccccc5c4)c3)n2)cc1.c1ccc(-c2nc(-c3ccccc3)nc(-c3cc(-c4cccc(-c5ccncc5)c4)cc(-c4ccc5ccccc5c4)c3)n2)cc1. The Kier molecular flexibility index (Phi) is 24.2. The van der Waals surface area contributed by atoms with Gasteiger partial charge in [0, 0.05) is 92.2 Å². The highest BCUT2D eigenvalue weighted by Crippen LogP contribution is 2.42. The quantitative estimate of drug-likeness (QED) is 0.0803. The highest BCUT2D eigenvalue weighted by Gasteiger charge is 2.22. The standard InChI is InChI=1S/3C42H28N4/c1-3-12-30(13-4-1)40-44-41(31-14-5-2-6-15-31)46-42(45-40)39-26-37(34-18-9-17-33(24-34)36-19-10-22-43-28-36)25-38(27-39)35-21-20-29-11-7-8-16-32(29)23-35;1-3-13-30(14-4-1)40-44-41(31-15-5-2-6-16-31)46-42(45-40)38-27-36(33-18-11-19-35(25-33)39-20-9-10-23-43-39)26-37(28-38)34-22-21-29-12-7-8-17-32(29)24-34;1-3-11-31(12-4-1)40-44-41(32-13-5-2-6-14-32)46-42(45-40)39-27-37(35-17-9-16-34(24-35)30-20-22-43-23-21-30)26-38(28-39)36-19-18-29-10-7-8-15-33(29)25-36/h3*1-28H. The summed E-state index contributed by atoms with van der Waals surface area (Å²) in [4.78, 5) is 58.2. The summed E-state index contributed by atoms with van der Waals surface area (Å²) >= 11 is 0. The van der Waals surface area contributed by atoms with E-state index in [1.54, 1.807) is 6.20 Å². The monoisotopic (exact) mass is 1760 g/mol. The van der Waals surface area contributed by atoms with Crippen molar-refractivity contribution in [3.63, 3.8) is 0 Å². The van der Waals surface area contributed by atoms with Crippen molar-refractivity contribution in [3.05, 3.63) is 510 Å². The largest absolute Gasteiger partial charge is 0.265 e. The molecule has 0 aliphatic carbocycles. The third-order valence-corrected chi connectivity index (χ3v) is 24.5.